The molecule has 0 aliphatic carbocycles. The summed E-state index contributed by atoms with van der Waals surface area (Å²) >= 11 is 3.27. The van der Waals surface area contributed by atoms with Gasteiger partial charge in [0.1, 0.15) is 5.82 Å². The van der Waals surface area contributed by atoms with Crippen LogP contribution in [0, 0.1) is 12.7 Å². The van der Waals surface area contributed by atoms with Gasteiger partial charge in [-0.1, -0.05) is 17.7 Å². The summed E-state index contributed by atoms with van der Waals surface area (Å²) in [5, 5.41) is 0. The second-order valence-electron chi connectivity index (χ2n) is 4.32. The first-order chi connectivity index (χ1) is 8.99. The lowest BCUT2D eigenvalue weighted by Gasteiger charge is -2.18. The van der Waals surface area contributed by atoms with Crippen molar-refractivity contribution in [2.45, 2.75) is 6.92 Å². The number of amides is 1. The Morgan fingerprint density at radius 1 is 1.16 bits per heavy atom. The van der Waals surface area contributed by atoms with Crippen LogP contribution in [0.4, 0.5) is 10.1 Å². The number of benzene rings is 2. The van der Waals surface area contributed by atoms with Gasteiger partial charge in [-0.3, -0.25) is 4.79 Å². The van der Waals surface area contributed by atoms with E-state index in [-0.39, 0.29) is 5.91 Å². The molecular formula is C15H13BrFNO. The molecule has 0 spiro atoms. The van der Waals surface area contributed by atoms with Crippen LogP contribution in [0.25, 0.3) is 0 Å². The predicted octanol–water partition coefficient (Wildman–Crippen LogP) is 4.17. The summed E-state index contributed by atoms with van der Waals surface area (Å²) in [7, 11) is 1.67. The average molecular weight is 322 g/mol. The van der Waals surface area contributed by atoms with Gasteiger partial charge in [-0.15, -0.1) is 0 Å². The van der Waals surface area contributed by atoms with Gasteiger partial charge in [0.25, 0.3) is 5.91 Å². The van der Waals surface area contributed by atoms with E-state index >= 15 is 0 Å². The Balaban J connectivity index is 2.33. The third kappa shape index (κ3) is 3.01. The fraction of sp³-hybridized carbons (Fsp3) is 0.133. The Kier molecular flexibility index (Phi) is 4.00. The Morgan fingerprint density at radius 2 is 1.79 bits per heavy atom. The van der Waals surface area contributed by atoms with Gasteiger partial charge in [0.05, 0.1) is 5.56 Å². The summed E-state index contributed by atoms with van der Waals surface area (Å²) in [5.41, 5.74) is 2.20. The molecule has 0 fully saturated rings. The second kappa shape index (κ2) is 5.53. The highest BCUT2D eigenvalue weighted by molar-refractivity contribution is 9.10. The van der Waals surface area contributed by atoms with E-state index in [0.29, 0.717) is 10.0 Å². The van der Waals surface area contributed by atoms with E-state index in [9.17, 15) is 9.18 Å². The van der Waals surface area contributed by atoms with Gasteiger partial charge in [0.2, 0.25) is 0 Å². The first kappa shape index (κ1) is 13.7. The van der Waals surface area contributed by atoms with Crippen molar-refractivity contribution >= 4 is 27.5 Å². The molecule has 98 valence electrons. The maximum absolute atomic E-state index is 13.2. The molecule has 0 N–H and O–H groups in total. The summed E-state index contributed by atoms with van der Waals surface area (Å²) < 4.78 is 13.8. The van der Waals surface area contributed by atoms with E-state index in [0.717, 1.165) is 11.3 Å². The Morgan fingerprint density at radius 3 is 2.42 bits per heavy atom. The van der Waals surface area contributed by atoms with Crippen LogP contribution < -0.4 is 4.90 Å². The minimum Gasteiger partial charge on any atom is -0.311 e. The van der Waals surface area contributed by atoms with Crippen LogP contribution in [0.3, 0.4) is 0 Å². The van der Waals surface area contributed by atoms with Crippen LogP contribution in [0.1, 0.15) is 15.9 Å². The van der Waals surface area contributed by atoms with Crippen molar-refractivity contribution in [3.63, 3.8) is 0 Å². The number of anilines is 1. The van der Waals surface area contributed by atoms with Gasteiger partial charge >= 0.3 is 0 Å². The molecule has 4 heteroatoms. The molecule has 0 unspecified atom stereocenters. The molecule has 2 nitrogen and oxygen atoms in total. The molecule has 19 heavy (non-hydrogen) atoms. The molecule has 2 aromatic rings. The number of carbonyl (C=O) groups is 1. The predicted molar refractivity (Wildman–Crippen MR) is 78.0 cm³/mol. The zero-order valence-electron chi connectivity index (χ0n) is 10.7. The van der Waals surface area contributed by atoms with Crippen molar-refractivity contribution in [3.8, 4) is 0 Å². The Bertz CT molecular complexity index is 610. The molecule has 0 saturated carbocycles. The van der Waals surface area contributed by atoms with E-state index in [4.69, 9.17) is 0 Å². The summed E-state index contributed by atoms with van der Waals surface area (Å²) in [6, 6.07) is 11.7. The van der Waals surface area contributed by atoms with Crippen LogP contribution in [-0.2, 0) is 0 Å². The van der Waals surface area contributed by atoms with Gasteiger partial charge in [0, 0.05) is 17.2 Å². The van der Waals surface area contributed by atoms with E-state index < -0.39 is 5.82 Å². The normalized spacial score (nSPS) is 10.3. The molecular weight excluding hydrogens is 309 g/mol. The van der Waals surface area contributed by atoms with Crippen LogP contribution in [-0.4, -0.2) is 13.0 Å². The molecule has 1 amide bonds. The first-order valence-corrected chi connectivity index (χ1v) is 6.58. The molecule has 0 radical (unpaired) electrons. The van der Waals surface area contributed by atoms with Crippen molar-refractivity contribution < 1.29 is 9.18 Å². The van der Waals surface area contributed by atoms with E-state index in [2.05, 4.69) is 15.9 Å². The van der Waals surface area contributed by atoms with Gasteiger partial charge in [-0.2, -0.15) is 0 Å². The van der Waals surface area contributed by atoms with Crippen molar-refractivity contribution in [3.05, 3.63) is 63.9 Å². The number of hydrogen-bond acceptors (Lipinski definition) is 1. The van der Waals surface area contributed by atoms with Gasteiger partial charge in [-0.25, -0.2) is 4.39 Å². The lowest BCUT2D eigenvalue weighted by molar-refractivity contribution is 0.0992. The Labute approximate surface area is 120 Å². The smallest absolute Gasteiger partial charge is 0.259 e. The molecule has 0 saturated heterocycles. The fourth-order valence-electron chi connectivity index (χ4n) is 1.73. The number of nitrogens with zero attached hydrogens (tertiary/aromatic N) is 1. The topological polar surface area (TPSA) is 20.3 Å². The minimum atomic E-state index is -0.427. The maximum Gasteiger partial charge on any atom is 0.259 e. The zero-order valence-corrected chi connectivity index (χ0v) is 12.2. The first-order valence-electron chi connectivity index (χ1n) is 5.79. The minimum absolute atomic E-state index is 0.254. The number of hydrogen-bond donors (Lipinski definition) is 0. The molecule has 0 aliphatic heterocycles. The van der Waals surface area contributed by atoms with Crippen LogP contribution in [0.2, 0.25) is 0 Å². The number of aryl methyl sites for hydroxylation is 1. The number of halogens is 2. The van der Waals surface area contributed by atoms with Crippen molar-refractivity contribution in [2.24, 2.45) is 0 Å². The van der Waals surface area contributed by atoms with Gasteiger partial charge in [0.15, 0.2) is 0 Å². The van der Waals surface area contributed by atoms with E-state index in [1.165, 1.54) is 23.1 Å². The van der Waals surface area contributed by atoms with E-state index in [1.54, 1.807) is 7.05 Å². The Hall–Kier alpha value is -1.68. The molecule has 0 aliphatic rings. The summed E-state index contributed by atoms with van der Waals surface area (Å²) in [6.45, 7) is 1.98. The molecule has 0 atom stereocenters. The molecule has 0 bridgehead atoms. The van der Waals surface area contributed by atoms with Gasteiger partial charge < -0.3 is 4.90 Å². The molecule has 2 rings (SSSR count). The van der Waals surface area contributed by atoms with Gasteiger partial charge in [-0.05, 0) is 53.2 Å². The second-order valence-corrected chi connectivity index (χ2v) is 5.18. The third-order valence-electron chi connectivity index (χ3n) is 2.88. The summed E-state index contributed by atoms with van der Waals surface area (Å²) in [4.78, 5) is 13.8. The summed E-state index contributed by atoms with van der Waals surface area (Å²) in [5.74, 6) is -0.681. The lowest BCUT2D eigenvalue weighted by Crippen LogP contribution is -2.26. The number of carbonyl (C=O) groups excluding carboxylic acids is 1. The van der Waals surface area contributed by atoms with Crippen LogP contribution in [0.15, 0.2) is 46.9 Å². The quantitative estimate of drug-likeness (QED) is 0.812. The average Bonchev–Trinajstić information content (AvgIpc) is 2.41. The highest BCUT2D eigenvalue weighted by Crippen LogP contribution is 2.22. The molecule has 0 heterocycles. The zero-order chi connectivity index (χ0) is 14.0. The standard InChI is InChI=1S/C15H13BrFNO/c1-10-3-6-12(7-4-10)18(2)15(19)13-9-11(17)5-8-14(13)16/h3-9H,1-2H3. The summed E-state index contributed by atoms with van der Waals surface area (Å²) in [6.07, 6.45) is 0. The maximum atomic E-state index is 13.2. The highest BCUT2D eigenvalue weighted by atomic mass is 79.9. The van der Waals surface area contributed by atoms with Crippen LogP contribution in [0.5, 0.6) is 0 Å². The lowest BCUT2D eigenvalue weighted by atomic mass is 10.1. The SMILES string of the molecule is Cc1ccc(N(C)C(=O)c2cc(F)ccc2Br)cc1. The fourth-order valence-corrected chi connectivity index (χ4v) is 2.14. The van der Waals surface area contributed by atoms with Crippen molar-refractivity contribution in [1.82, 2.24) is 0 Å². The van der Waals surface area contributed by atoms with Crippen LogP contribution >= 0.6 is 15.9 Å². The highest BCUT2D eigenvalue weighted by Gasteiger charge is 2.16. The molecule has 0 aromatic heterocycles. The van der Waals surface area contributed by atoms with Crippen molar-refractivity contribution in [2.75, 3.05) is 11.9 Å². The monoisotopic (exact) mass is 321 g/mol. The van der Waals surface area contributed by atoms with E-state index in [1.807, 2.05) is 31.2 Å². The third-order valence-corrected chi connectivity index (χ3v) is 3.58. The number of rotatable bonds is 2. The molecule has 2 aromatic carbocycles. The largest absolute Gasteiger partial charge is 0.311 e. The van der Waals surface area contributed by atoms with Crippen molar-refractivity contribution in [1.29, 1.82) is 0 Å².